The minimum atomic E-state index is -0.532. The number of carbonyl (C=O) groups excluding carboxylic acids is 2. The Morgan fingerprint density at radius 1 is 1.06 bits per heavy atom. The number of piperidine rings is 3. The van der Waals surface area contributed by atoms with E-state index in [1.807, 2.05) is 18.2 Å². The standard InChI is InChI=1S/C27H35N2O4/c30-23(18-25-28-14-17-32-25)19-29-15-10-21(11-16-29)24(20-29)33-26(31)27(12-6-1-2-7-13-27)22-8-4-3-5-9-22/h3-5,8-9,14,17,21,24H,1-2,6-7,10-13,15-16,18-20H2/q+1/t21?,24-,29?/m0/s1. The largest absolute Gasteiger partial charge is 0.455 e. The van der Waals surface area contributed by atoms with Crippen molar-refractivity contribution >= 4 is 11.8 Å². The van der Waals surface area contributed by atoms with Gasteiger partial charge in [0.15, 0.2) is 11.9 Å². The zero-order valence-electron chi connectivity index (χ0n) is 19.4. The van der Waals surface area contributed by atoms with Crippen LogP contribution in [-0.4, -0.2) is 53.5 Å². The van der Waals surface area contributed by atoms with E-state index in [9.17, 15) is 9.59 Å². The predicted molar refractivity (Wildman–Crippen MR) is 123 cm³/mol. The number of ether oxygens (including phenoxy) is 1. The minimum Gasteiger partial charge on any atom is -0.455 e. The molecule has 0 unspecified atom stereocenters. The third kappa shape index (κ3) is 4.63. The number of Topliss-reactive ketones (excluding diaryl/α,β-unsaturated/α-hetero) is 1. The third-order valence-corrected chi connectivity index (χ3v) is 8.32. The monoisotopic (exact) mass is 451 g/mol. The Labute approximate surface area is 195 Å². The molecule has 0 spiro atoms. The second-order valence-corrected chi connectivity index (χ2v) is 10.4. The lowest BCUT2D eigenvalue weighted by Gasteiger charge is -2.52. The van der Waals surface area contributed by atoms with Crippen LogP contribution >= 0.6 is 0 Å². The first-order valence-corrected chi connectivity index (χ1v) is 12.6. The van der Waals surface area contributed by atoms with Crippen LogP contribution in [0.2, 0.25) is 0 Å². The van der Waals surface area contributed by atoms with E-state index in [4.69, 9.17) is 9.15 Å². The van der Waals surface area contributed by atoms with Crippen LogP contribution in [-0.2, 0) is 26.2 Å². The maximum atomic E-state index is 13.8. The third-order valence-electron chi connectivity index (χ3n) is 8.32. The summed E-state index contributed by atoms with van der Waals surface area (Å²) in [5.41, 5.74) is 0.568. The molecule has 1 aromatic heterocycles. The Hall–Kier alpha value is -2.47. The van der Waals surface area contributed by atoms with Crippen molar-refractivity contribution in [1.29, 1.82) is 0 Å². The number of ketones is 1. The molecule has 176 valence electrons. The summed E-state index contributed by atoms with van der Waals surface area (Å²) in [7, 11) is 0. The Morgan fingerprint density at radius 3 is 2.45 bits per heavy atom. The number of aromatic nitrogens is 1. The van der Waals surface area contributed by atoms with Crippen LogP contribution < -0.4 is 0 Å². The SMILES string of the molecule is O=C(Cc1ncco1)C[N+]12CCC(CC1)[C@@H](OC(=O)C1(c3ccccc3)CCCCCC1)C2. The second-order valence-electron chi connectivity index (χ2n) is 10.4. The van der Waals surface area contributed by atoms with Crippen LogP contribution in [0, 0.1) is 5.92 Å². The summed E-state index contributed by atoms with van der Waals surface area (Å²) in [6, 6.07) is 10.3. The number of hydrogen-bond acceptors (Lipinski definition) is 5. The summed E-state index contributed by atoms with van der Waals surface area (Å²) in [5.74, 6) is 0.992. The van der Waals surface area contributed by atoms with Crippen LogP contribution in [0.3, 0.4) is 0 Å². The van der Waals surface area contributed by atoms with E-state index in [0.29, 0.717) is 18.4 Å². The lowest BCUT2D eigenvalue weighted by Crippen LogP contribution is -2.66. The van der Waals surface area contributed by atoms with E-state index in [1.165, 1.54) is 19.1 Å². The van der Waals surface area contributed by atoms with Crippen molar-refractivity contribution in [3.05, 3.63) is 54.2 Å². The summed E-state index contributed by atoms with van der Waals surface area (Å²) in [4.78, 5) is 30.7. The molecule has 4 aliphatic rings. The normalized spacial score (nSPS) is 28.7. The van der Waals surface area contributed by atoms with E-state index in [0.717, 1.165) is 68.2 Å². The maximum Gasteiger partial charge on any atom is 0.317 e. The van der Waals surface area contributed by atoms with Gasteiger partial charge in [0.05, 0.1) is 31.1 Å². The fraction of sp³-hybridized carbons (Fsp3) is 0.593. The average molecular weight is 452 g/mol. The summed E-state index contributed by atoms with van der Waals surface area (Å²) in [5, 5.41) is 0. The molecule has 2 bridgehead atoms. The first-order chi connectivity index (χ1) is 16.1. The first kappa shape index (κ1) is 22.3. The van der Waals surface area contributed by atoms with Crippen LogP contribution in [0.25, 0.3) is 0 Å². The summed E-state index contributed by atoms with van der Waals surface area (Å²) in [6.07, 6.45) is 11.5. The molecule has 6 rings (SSSR count). The predicted octanol–water partition coefficient (Wildman–Crippen LogP) is 4.23. The minimum absolute atomic E-state index is 0.0430. The van der Waals surface area contributed by atoms with Crippen molar-refractivity contribution < 1.29 is 23.2 Å². The van der Waals surface area contributed by atoms with E-state index in [2.05, 4.69) is 17.1 Å². The Kier molecular flexibility index (Phi) is 6.37. The number of benzene rings is 1. The lowest BCUT2D eigenvalue weighted by molar-refractivity contribution is -0.939. The highest BCUT2D eigenvalue weighted by atomic mass is 16.5. The quantitative estimate of drug-likeness (QED) is 0.358. The molecule has 1 aromatic carbocycles. The number of rotatable bonds is 7. The van der Waals surface area contributed by atoms with Crippen molar-refractivity contribution in [1.82, 2.24) is 4.98 Å². The van der Waals surface area contributed by atoms with Gasteiger partial charge in [-0.1, -0.05) is 56.0 Å². The van der Waals surface area contributed by atoms with Gasteiger partial charge in [0.1, 0.15) is 19.4 Å². The zero-order valence-corrected chi connectivity index (χ0v) is 19.4. The zero-order chi connectivity index (χ0) is 22.7. The molecule has 33 heavy (non-hydrogen) atoms. The second kappa shape index (κ2) is 9.41. The number of nitrogens with zero attached hydrogens (tertiary/aromatic N) is 2. The smallest absolute Gasteiger partial charge is 0.317 e. The van der Waals surface area contributed by atoms with Gasteiger partial charge in [-0.25, -0.2) is 4.98 Å². The Bertz CT molecular complexity index is 940. The number of quaternary nitrogens is 1. The molecule has 1 atom stereocenters. The van der Waals surface area contributed by atoms with Crippen LogP contribution in [0.15, 0.2) is 47.2 Å². The Morgan fingerprint density at radius 2 is 1.79 bits per heavy atom. The van der Waals surface area contributed by atoms with E-state index in [-0.39, 0.29) is 24.3 Å². The first-order valence-electron chi connectivity index (χ1n) is 12.6. The van der Waals surface area contributed by atoms with E-state index < -0.39 is 5.41 Å². The topological polar surface area (TPSA) is 69.4 Å². The molecule has 1 aliphatic carbocycles. The lowest BCUT2D eigenvalue weighted by atomic mass is 9.74. The number of hydrogen-bond donors (Lipinski definition) is 0. The number of fused-ring (bicyclic) bond motifs is 3. The molecular formula is C27H35N2O4+. The van der Waals surface area contributed by atoms with Crippen molar-refractivity contribution in [2.24, 2.45) is 5.92 Å². The molecule has 3 saturated heterocycles. The highest BCUT2D eigenvalue weighted by Crippen LogP contribution is 2.42. The molecule has 6 nitrogen and oxygen atoms in total. The van der Waals surface area contributed by atoms with Crippen molar-refractivity contribution in [3.8, 4) is 0 Å². The van der Waals surface area contributed by atoms with Crippen LogP contribution in [0.1, 0.15) is 62.8 Å². The van der Waals surface area contributed by atoms with Gasteiger partial charge in [0.2, 0.25) is 5.89 Å². The molecule has 4 heterocycles. The van der Waals surface area contributed by atoms with Gasteiger partial charge in [-0.15, -0.1) is 0 Å². The summed E-state index contributed by atoms with van der Waals surface area (Å²) >= 11 is 0. The number of carbonyl (C=O) groups is 2. The van der Waals surface area contributed by atoms with Crippen LogP contribution in [0.5, 0.6) is 0 Å². The van der Waals surface area contributed by atoms with E-state index >= 15 is 0 Å². The van der Waals surface area contributed by atoms with E-state index in [1.54, 1.807) is 6.20 Å². The van der Waals surface area contributed by atoms with Gasteiger partial charge < -0.3 is 13.6 Å². The molecular weight excluding hydrogens is 416 g/mol. The van der Waals surface area contributed by atoms with Gasteiger partial charge in [-0.2, -0.15) is 0 Å². The fourth-order valence-electron chi connectivity index (χ4n) is 6.47. The fourth-order valence-corrected chi connectivity index (χ4v) is 6.47. The molecule has 0 N–H and O–H groups in total. The number of oxazole rings is 1. The Balaban J connectivity index is 1.31. The van der Waals surface area contributed by atoms with Gasteiger partial charge in [0, 0.05) is 18.8 Å². The summed E-state index contributed by atoms with van der Waals surface area (Å²) < 4.78 is 12.4. The highest BCUT2D eigenvalue weighted by molar-refractivity contribution is 5.83. The van der Waals surface area contributed by atoms with Crippen LogP contribution in [0.4, 0.5) is 0 Å². The van der Waals surface area contributed by atoms with Crippen molar-refractivity contribution in [3.63, 3.8) is 0 Å². The number of esters is 1. The van der Waals surface area contributed by atoms with Crippen molar-refractivity contribution in [2.45, 2.75) is 69.3 Å². The molecule has 1 saturated carbocycles. The molecule has 4 fully saturated rings. The van der Waals surface area contributed by atoms with Gasteiger partial charge in [-0.05, 0) is 18.4 Å². The van der Waals surface area contributed by atoms with Gasteiger partial charge in [0.25, 0.3) is 0 Å². The van der Waals surface area contributed by atoms with Gasteiger partial charge in [-0.3, -0.25) is 9.59 Å². The molecule has 0 amide bonds. The maximum absolute atomic E-state index is 13.8. The molecule has 2 aromatic rings. The van der Waals surface area contributed by atoms with Gasteiger partial charge >= 0.3 is 5.97 Å². The highest BCUT2D eigenvalue weighted by Gasteiger charge is 2.51. The molecule has 6 heteroatoms. The molecule has 0 radical (unpaired) electrons. The van der Waals surface area contributed by atoms with Crippen molar-refractivity contribution in [2.75, 3.05) is 26.2 Å². The summed E-state index contributed by atoms with van der Waals surface area (Å²) in [6.45, 7) is 3.19. The molecule has 3 aliphatic heterocycles. The average Bonchev–Trinajstić information content (AvgIpc) is 3.20.